The van der Waals surface area contributed by atoms with Crippen LogP contribution in [0.5, 0.6) is 0 Å². The number of fused-ring (bicyclic) bond motifs is 5. The lowest BCUT2D eigenvalue weighted by molar-refractivity contribution is 0.517. The van der Waals surface area contributed by atoms with E-state index in [-0.39, 0.29) is 62.4 Å². The zero-order valence-corrected chi connectivity index (χ0v) is 68.1. The number of rotatable bonds is 26. The number of H-pyrrole nitrogens is 3. The van der Waals surface area contributed by atoms with Gasteiger partial charge < -0.3 is 92.6 Å². The average molecular weight is 1690 g/mol. The summed E-state index contributed by atoms with van der Waals surface area (Å²) >= 11 is 46.4. The molecule has 586 valence electrons. The van der Waals surface area contributed by atoms with Crippen molar-refractivity contribution in [1.29, 1.82) is 0 Å². The van der Waals surface area contributed by atoms with Gasteiger partial charge in [0.1, 0.15) is 79.6 Å². The van der Waals surface area contributed by atoms with E-state index < -0.39 is 0 Å². The number of furan rings is 3. The molecule has 0 aliphatic rings. The minimum atomic E-state index is -0.376. The highest BCUT2D eigenvalue weighted by molar-refractivity contribution is 7.10. The molecule has 5 atom stereocenters. The van der Waals surface area contributed by atoms with Crippen molar-refractivity contribution in [2.45, 2.75) is 136 Å². The summed E-state index contributed by atoms with van der Waals surface area (Å²) in [4.78, 5) is 57.4. The van der Waals surface area contributed by atoms with Gasteiger partial charge in [-0.05, 0) is 152 Å². The Morgan fingerprint density at radius 1 is 0.468 bits per heavy atom. The predicted octanol–water partition coefficient (Wildman–Crippen LogP) is 15.7. The number of hydrogen-bond donors (Lipinski definition) is 13. The average Bonchev–Trinajstić information content (AvgIpc) is 1.62. The van der Waals surface area contributed by atoms with Gasteiger partial charge in [0.05, 0.1) is 94.2 Å². The van der Waals surface area contributed by atoms with Crippen LogP contribution in [-0.4, -0.2) is 109 Å². The van der Waals surface area contributed by atoms with Gasteiger partial charge in [-0.3, -0.25) is 0 Å². The first-order valence-electron chi connectivity index (χ1n) is 34.9. The minimum Gasteiger partial charge on any atom is -0.467 e. The van der Waals surface area contributed by atoms with Crippen molar-refractivity contribution in [2.24, 2.45) is 42.8 Å². The molecule has 18 N–H and O–H groups in total. The zero-order chi connectivity index (χ0) is 79.2. The Balaban J connectivity index is 0.000000137. The van der Waals surface area contributed by atoms with Gasteiger partial charge in [-0.25, -0.2) is 19.3 Å². The van der Waals surface area contributed by atoms with E-state index in [0.717, 1.165) is 86.2 Å². The van der Waals surface area contributed by atoms with Gasteiger partial charge in [0.25, 0.3) is 0 Å². The number of hydrogen-bond acceptors (Lipinski definition) is 26. The highest BCUT2D eigenvalue weighted by atomic mass is 35.5. The SMILES string of the molecule is CC[C@H](N)Cc1[nH]c2nc(Cl)nc(NCc3ccco3)c2c1Cl.C[C@H](N)Cc1c(Cl)c2c(NCc3ccco3)nc(Cl)nc2n1C.C[C@H](N)Cc1c(F)c2c(NCc3ccco3)nc(Cl)nc2n1C.C[C@H](N)Cc1cc2c(NCc3cccs3)nc(Cl)nc2[nH]1.C[C@H](N)Cc1cc2c(NCc3nccs3)nc(Cl)nc2[nH]1. The van der Waals surface area contributed by atoms with Crippen molar-refractivity contribution in [1.82, 2.24) is 78.9 Å². The van der Waals surface area contributed by atoms with E-state index in [9.17, 15) is 4.39 Å². The van der Waals surface area contributed by atoms with Crippen LogP contribution in [0, 0.1) is 5.82 Å². The lowest BCUT2D eigenvalue weighted by atomic mass is 10.1. The summed E-state index contributed by atoms with van der Waals surface area (Å²) in [6.45, 7) is 12.4. The highest BCUT2D eigenvalue weighted by Gasteiger charge is 2.25. The molecule has 0 unspecified atom stereocenters. The van der Waals surface area contributed by atoms with Crippen LogP contribution in [0.2, 0.25) is 36.5 Å². The number of nitrogens with two attached hydrogens (primary N) is 5. The molecule has 0 aliphatic carbocycles. The van der Waals surface area contributed by atoms with Crippen molar-refractivity contribution in [3.8, 4) is 0 Å². The summed E-state index contributed by atoms with van der Waals surface area (Å²) in [5.74, 6) is 4.82. The van der Waals surface area contributed by atoms with E-state index in [0.29, 0.717) is 130 Å². The number of thiophene rings is 1. The van der Waals surface area contributed by atoms with Crippen molar-refractivity contribution in [2.75, 3.05) is 26.6 Å². The van der Waals surface area contributed by atoms with E-state index in [1.165, 1.54) is 4.88 Å². The summed E-state index contributed by atoms with van der Waals surface area (Å²) in [7, 11) is 3.63. The Morgan fingerprint density at radius 3 is 1.37 bits per heavy atom. The minimum absolute atomic E-state index is 0.0153. The van der Waals surface area contributed by atoms with Crippen molar-refractivity contribution in [3.63, 3.8) is 0 Å². The predicted molar refractivity (Wildman–Crippen MR) is 444 cm³/mol. The molecule has 0 bridgehead atoms. The normalized spacial score (nSPS) is 12.7. The number of aromatic amines is 3. The van der Waals surface area contributed by atoms with E-state index in [4.69, 9.17) is 123 Å². The molecular formula is C72H82Cl7FN26O3S2. The summed E-state index contributed by atoms with van der Waals surface area (Å²) in [6.07, 6.45) is 10.6. The smallest absolute Gasteiger partial charge is 0.226 e. The second-order valence-electron chi connectivity index (χ2n) is 26.1. The first-order valence-corrected chi connectivity index (χ1v) is 39.4. The molecule has 15 aromatic rings. The van der Waals surface area contributed by atoms with Gasteiger partial charge in [-0.15, -0.1) is 22.7 Å². The maximum Gasteiger partial charge on any atom is 0.226 e. The molecule has 0 aromatic carbocycles. The van der Waals surface area contributed by atoms with Crippen molar-refractivity contribution < 1.29 is 17.6 Å². The first kappa shape index (κ1) is 83.0. The molecule has 29 nitrogen and oxygen atoms in total. The number of thiazole rings is 1. The fourth-order valence-corrected chi connectivity index (χ4v) is 14.5. The number of aromatic nitrogens is 16. The summed E-state index contributed by atoms with van der Waals surface area (Å²) in [6, 6.07) is 19.2. The Hall–Kier alpha value is -8.97. The monoisotopic (exact) mass is 1690 g/mol. The van der Waals surface area contributed by atoms with E-state index in [1.807, 2.05) is 100 Å². The Kier molecular flexibility index (Phi) is 28.8. The number of nitrogens with one attached hydrogen (secondary N) is 8. The number of aryl methyl sites for hydroxylation is 2. The molecule has 0 fully saturated rings. The molecule has 39 heteroatoms. The summed E-state index contributed by atoms with van der Waals surface area (Å²) in [5, 5.41) is 26.6. The molecule has 15 aromatic heterocycles. The van der Waals surface area contributed by atoms with Gasteiger partial charge in [0.15, 0.2) is 5.82 Å². The molecule has 0 amide bonds. The third-order valence-corrected chi connectivity index (χ3v) is 20.1. The molecule has 0 radical (unpaired) electrons. The van der Waals surface area contributed by atoms with Crippen LogP contribution in [0.15, 0.2) is 110 Å². The Labute approximate surface area is 679 Å². The number of anilines is 5. The third kappa shape index (κ3) is 21.8. The zero-order valence-electron chi connectivity index (χ0n) is 61.2. The van der Waals surface area contributed by atoms with Gasteiger partial charge in [0.2, 0.25) is 26.4 Å². The van der Waals surface area contributed by atoms with Crippen molar-refractivity contribution in [3.05, 3.63) is 194 Å². The van der Waals surface area contributed by atoms with Gasteiger partial charge in [0, 0.05) is 116 Å². The summed E-state index contributed by atoms with van der Waals surface area (Å²) in [5.41, 5.74) is 36.8. The second kappa shape index (κ2) is 38.5. The van der Waals surface area contributed by atoms with E-state index >= 15 is 0 Å². The molecule has 0 aliphatic heterocycles. The molecule has 0 saturated carbocycles. The van der Waals surface area contributed by atoms with Crippen LogP contribution in [0.3, 0.4) is 0 Å². The third-order valence-electron chi connectivity index (χ3n) is 16.8. The van der Waals surface area contributed by atoms with Crippen LogP contribution in [-0.2, 0) is 78.9 Å². The fraction of sp³-hybridized carbons (Fsp3) is 0.319. The Bertz CT molecular complexity index is 5230. The molecule has 111 heavy (non-hydrogen) atoms. The van der Waals surface area contributed by atoms with Gasteiger partial charge in [-0.1, -0.05) is 36.2 Å². The van der Waals surface area contributed by atoms with Crippen LogP contribution >= 0.6 is 104 Å². The number of nitrogens with zero attached hydrogens (tertiary/aromatic N) is 13. The van der Waals surface area contributed by atoms with Gasteiger partial charge in [-0.2, -0.15) is 39.9 Å². The fourth-order valence-electron chi connectivity index (χ4n) is 11.7. The van der Waals surface area contributed by atoms with E-state index in [1.54, 1.807) is 65.3 Å². The molecule has 15 rings (SSSR count). The molecule has 0 spiro atoms. The first-order chi connectivity index (χ1) is 53.2. The largest absolute Gasteiger partial charge is 0.467 e. The van der Waals surface area contributed by atoms with E-state index in [2.05, 4.69) is 108 Å². The van der Waals surface area contributed by atoms with Crippen LogP contribution in [0.1, 0.15) is 96.7 Å². The van der Waals surface area contributed by atoms with Crippen LogP contribution in [0.25, 0.3) is 55.2 Å². The quantitative estimate of drug-likeness (QED) is 0.0224. The lowest BCUT2D eigenvalue weighted by Gasteiger charge is -2.07. The molecular weight excluding hydrogens is 1610 g/mol. The lowest BCUT2D eigenvalue weighted by Crippen LogP contribution is -2.21. The second-order valence-corrected chi connectivity index (χ2v) is 30.6. The Morgan fingerprint density at radius 2 is 0.910 bits per heavy atom. The van der Waals surface area contributed by atoms with Crippen molar-refractivity contribution >= 4 is 188 Å². The maximum atomic E-state index is 14.8. The topological polar surface area (TPSA) is 429 Å². The highest BCUT2D eigenvalue weighted by Crippen LogP contribution is 2.37. The molecule has 15 heterocycles. The molecule has 0 saturated heterocycles. The standard InChI is InChI=1S/2C15H17Cl2N5O.C15H17ClFN5O.C14H16ClN5S.C13H15ClN6S/c1-8(18)6-10-12(16)11-13(19-7-9-4-3-5-23-9)20-15(17)21-14(11)22(10)2;1-2-8(18)6-10-12(16)11-13(19-7-9-4-3-5-23-9)21-15(17)22-14(11)20-10;1-8(18)6-10-12(17)11-13(19-7-9-4-3-5-23-9)20-15(16)21-14(11)22(10)2;1-8(16)5-9-6-11-12(17-7-10-3-2-4-21-10)19-14(15)20-13(11)18-9;1-7(15)4-8-5-9-11(17-6-10-16-2-3-21-10)19-13(14)20-12(9)18-8/h3-5,8H,6-7,18H2,1-2H3,(H,19,20,21);3-5,8H,2,6-7,18H2,1H3,(H2,19,20,21,22);3-5,8H,6-7,18H2,1-2H3,(H,19,20,21);2-4,6,8H,5,7,16H2,1H3,(H2,17,18,19,20);2-3,5,7H,4,6,15H2,1H3,(H2,17,18,19,20)/t4*8-;7-/m00000/s1. The van der Waals surface area contributed by atoms with Crippen LogP contribution < -0.4 is 55.3 Å². The maximum absolute atomic E-state index is 14.8. The summed E-state index contributed by atoms with van der Waals surface area (Å²) < 4.78 is 34.3. The number of halogens is 8. The van der Waals surface area contributed by atoms with Gasteiger partial charge >= 0.3 is 0 Å². The van der Waals surface area contributed by atoms with Crippen LogP contribution in [0.4, 0.5) is 33.5 Å².